The predicted molar refractivity (Wildman–Crippen MR) is 106 cm³/mol. The van der Waals surface area contributed by atoms with Gasteiger partial charge in [-0.2, -0.15) is 4.80 Å². The van der Waals surface area contributed by atoms with Crippen LogP contribution in [-0.4, -0.2) is 50.0 Å². The molecule has 3 aromatic rings. The van der Waals surface area contributed by atoms with Crippen LogP contribution in [0, 0.1) is 5.82 Å². The summed E-state index contributed by atoms with van der Waals surface area (Å²) in [5.74, 6) is -0.573. The number of carbonyl (C=O) groups excluding carboxylic acids is 2. The van der Waals surface area contributed by atoms with Crippen molar-refractivity contribution >= 4 is 17.5 Å². The van der Waals surface area contributed by atoms with Crippen LogP contribution in [-0.2, 0) is 11.3 Å². The fourth-order valence-electron chi connectivity index (χ4n) is 2.77. The molecule has 9 heteroatoms. The molecule has 2 aromatic carbocycles. The van der Waals surface area contributed by atoms with Gasteiger partial charge in [0.1, 0.15) is 12.4 Å². The van der Waals surface area contributed by atoms with E-state index in [0.29, 0.717) is 29.9 Å². The van der Waals surface area contributed by atoms with Gasteiger partial charge in [0.15, 0.2) is 0 Å². The van der Waals surface area contributed by atoms with E-state index in [4.69, 9.17) is 0 Å². The smallest absolute Gasteiger partial charge is 0.253 e. The van der Waals surface area contributed by atoms with Crippen LogP contribution in [0.2, 0.25) is 0 Å². The highest BCUT2D eigenvalue weighted by Crippen LogP contribution is 2.15. The van der Waals surface area contributed by atoms with Crippen molar-refractivity contribution < 1.29 is 14.0 Å². The number of aromatic nitrogens is 4. The molecule has 150 valence electrons. The summed E-state index contributed by atoms with van der Waals surface area (Å²) in [5, 5.41) is 14.5. The van der Waals surface area contributed by atoms with Gasteiger partial charge in [-0.1, -0.05) is 12.1 Å². The summed E-state index contributed by atoms with van der Waals surface area (Å²) in [6.07, 6.45) is 0. The Labute approximate surface area is 167 Å². The van der Waals surface area contributed by atoms with Crippen LogP contribution in [0.4, 0.5) is 10.1 Å². The highest BCUT2D eigenvalue weighted by molar-refractivity contribution is 5.95. The zero-order chi connectivity index (χ0) is 20.8. The minimum atomic E-state index is -0.403. The van der Waals surface area contributed by atoms with Crippen LogP contribution < -0.4 is 5.32 Å². The number of nitrogens with one attached hydrogen (secondary N) is 1. The number of tetrazole rings is 1. The summed E-state index contributed by atoms with van der Waals surface area (Å²) in [5.41, 5.74) is 1.59. The van der Waals surface area contributed by atoms with Gasteiger partial charge in [0.2, 0.25) is 11.7 Å². The van der Waals surface area contributed by atoms with Gasteiger partial charge in [0, 0.05) is 29.9 Å². The van der Waals surface area contributed by atoms with E-state index >= 15 is 0 Å². The normalized spacial score (nSPS) is 10.6. The number of benzene rings is 2. The SMILES string of the molecule is CCN(CC)C(=O)c1ccc(NC(=O)Cn2nnc(-c3cccc(F)c3)n2)cc1. The minimum Gasteiger partial charge on any atom is -0.339 e. The number of carbonyl (C=O) groups is 2. The summed E-state index contributed by atoms with van der Waals surface area (Å²) < 4.78 is 13.3. The van der Waals surface area contributed by atoms with Crippen molar-refractivity contribution in [3.63, 3.8) is 0 Å². The first-order chi connectivity index (χ1) is 14.0. The molecule has 2 amide bonds. The number of hydrogen-bond acceptors (Lipinski definition) is 5. The van der Waals surface area contributed by atoms with Gasteiger partial charge in [-0.05, 0) is 55.5 Å². The second kappa shape index (κ2) is 9.05. The van der Waals surface area contributed by atoms with E-state index in [2.05, 4.69) is 20.7 Å². The summed E-state index contributed by atoms with van der Waals surface area (Å²) >= 11 is 0. The van der Waals surface area contributed by atoms with Crippen molar-refractivity contribution in [3.05, 3.63) is 59.9 Å². The molecule has 0 aliphatic heterocycles. The quantitative estimate of drug-likeness (QED) is 0.663. The number of amides is 2. The van der Waals surface area contributed by atoms with Crippen LogP contribution >= 0.6 is 0 Å². The average Bonchev–Trinajstić information content (AvgIpc) is 3.17. The highest BCUT2D eigenvalue weighted by atomic mass is 19.1. The zero-order valence-electron chi connectivity index (χ0n) is 16.2. The van der Waals surface area contributed by atoms with E-state index in [1.54, 1.807) is 41.3 Å². The minimum absolute atomic E-state index is 0.0513. The van der Waals surface area contributed by atoms with Crippen LogP contribution in [0.5, 0.6) is 0 Å². The molecular formula is C20H21FN6O2. The van der Waals surface area contributed by atoms with Crippen LogP contribution in [0.15, 0.2) is 48.5 Å². The molecule has 0 bridgehead atoms. The molecule has 8 nitrogen and oxygen atoms in total. The summed E-state index contributed by atoms with van der Waals surface area (Å²) in [4.78, 5) is 27.4. The topological polar surface area (TPSA) is 93.0 Å². The van der Waals surface area contributed by atoms with E-state index in [1.807, 2.05) is 13.8 Å². The van der Waals surface area contributed by atoms with Crippen LogP contribution in [0.25, 0.3) is 11.4 Å². The summed E-state index contributed by atoms with van der Waals surface area (Å²) in [6.45, 7) is 4.97. The van der Waals surface area contributed by atoms with Gasteiger partial charge in [0.05, 0.1) is 0 Å². The Balaban J connectivity index is 1.60. The molecule has 0 aliphatic carbocycles. The fraction of sp³-hybridized carbons (Fsp3) is 0.250. The third kappa shape index (κ3) is 5.01. The highest BCUT2D eigenvalue weighted by Gasteiger charge is 2.13. The predicted octanol–water partition coefficient (Wildman–Crippen LogP) is 2.60. The second-order valence-electron chi connectivity index (χ2n) is 6.26. The van der Waals surface area contributed by atoms with E-state index in [-0.39, 0.29) is 24.2 Å². The number of anilines is 1. The Hall–Kier alpha value is -3.62. The molecule has 0 radical (unpaired) electrons. The number of rotatable bonds is 7. The van der Waals surface area contributed by atoms with E-state index in [0.717, 1.165) is 4.80 Å². The lowest BCUT2D eigenvalue weighted by Crippen LogP contribution is -2.30. The first-order valence-electron chi connectivity index (χ1n) is 9.23. The number of nitrogens with zero attached hydrogens (tertiary/aromatic N) is 5. The fourth-order valence-corrected chi connectivity index (χ4v) is 2.77. The summed E-state index contributed by atoms with van der Waals surface area (Å²) in [7, 11) is 0. The Bertz CT molecular complexity index is 998. The van der Waals surface area contributed by atoms with Crippen LogP contribution in [0.1, 0.15) is 24.2 Å². The maximum absolute atomic E-state index is 13.3. The molecule has 0 fully saturated rings. The van der Waals surface area contributed by atoms with Crippen molar-refractivity contribution in [2.45, 2.75) is 20.4 Å². The Morgan fingerprint density at radius 3 is 2.48 bits per heavy atom. The van der Waals surface area contributed by atoms with E-state index < -0.39 is 5.82 Å². The molecule has 0 unspecified atom stereocenters. The number of hydrogen-bond donors (Lipinski definition) is 1. The van der Waals surface area contributed by atoms with Crippen molar-refractivity contribution in [2.24, 2.45) is 0 Å². The lowest BCUT2D eigenvalue weighted by Gasteiger charge is -2.18. The molecule has 1 aromatic heterocycles. The van der Waals surface area contributed by atoms with Gasteiger partial charge in [-0.3, -0.25) is 9.59 Å². The van der Waals surface area contributed by atoms with E-state index in [9.17, 15) is 14.0 Å². The molecule has 29 heavy (non-hydrogen) atoms. The summed E-state index contributed by atoms with van der Waals surface area (Å²) in [6, 6.07) is 12.5. The van der Waals surface area contributed by atoms with Crippen LogP contribution in [0.3, 0.4) is 0 Å². The third-order valence-corrected chi connectivity index (χ3v) is 4.29. The maximum Gasteiger partial charge on any atom is 0.253 e. The largest absolute Gasteiger partial charge is 0.339 e. The first kappa shape index (κ1) is 20.1. The zero-order valence-corrected chi connectivity index (χ0v) is 16.2. The first-order valence-corrected chi connectivity index (χ1v) is 9.23. The second-order valence-corrected chi connectivity index (χ2v) is 6.26. The molecule has 0 aliphatic rings. The lowest BCUT2D eigenvalue weighted by atomic mass is 10.1. The molecule has 0 spiro atoms. The van der Waals surface area contributed by atoms with Crippen molar-refractivity contribution in [3.8, 4) is 11.4 Å². The number of halogens is 1. The molecule has 0 saturated heterocycles. The van der Waals surface area contributed by atoms with Gasteiger partial charge in [-0.15, -0.1) is 10.2 Å². The van der Waals surface area contributed by atoms with Gasteiger partial charge >= 0.3 is 0 Å². The Morgan fingerprint density at radius 2 is 1.83 bits per heavy atom. The lowest BCUT2D eigenvalue weighted by molar-refractivity contribution is -0.117. The molecule has 0 atom stereocenters. The molecular weight excluding hydrogens is 375 g/mol. The Morgan fingerprint density at radius 1 is 1.10 bits per heavy atom. The maximum atomic E-state index is 13.3. The Kier molecular flexibility index (Phi) is 6.28. The monoisotopic (exact) mass is 396 g/mol. The molecule has 1 N–H and O–H groups in total. The van der Waals surface area contributed by atoms with Gasteiger partial charge in [-0.25, -0.2) is 4.39 Å². The molecule has 0 saturated carbocycles. The standard InChI is InChI=1S/C20H21FN6O2/c1-3-26(4-2)20(29)14-8-10-17(11-9-14)22-18(28)13-27-24-19(23-25-27)15-6-5-7-16(21)12-15/h5-12H,3-4,13H2,1-2H3,(H,22,28). The molecule has 1 heterocycles. The molecule has 3 rings (SSSR count). The van der Waals surface area contributed by atoms with E-state index in [1.165, 1.54) is 12.1 Å². The van der Waals surface area contributed by atoms with Crippen molar-refractivity contribution in [1.82, 2.24) is 25.1 Å². The third-order valence-electron chi connectivity index (χ3n) is 4.29. The van der Waals surface area contributed by atoms with Crippen molar-refractivity contribution in [1.29, 1.82) is 0 Å². The van der Waals surface area contributed by atoms with Gasteiger partial charge < -0.3 is 10.2 Å². The van der Waals surface area contributed by atoms with Gasteiger partial charge in [0.25, 0.3) is 5.91 Å². The van der Waals surface area contributed by atoms with Crippen molar-refractivity contribution in [2.75, 3.05) is 18.4 Å². The average molecular weight is 396 g/mol.